The van der Waals surface area contributed by atoms with Gasteiger partial charge in [0.05, 0.1) is 15.7 Å². The van der Waals surface area contributed by atoms with Crippen LogP contribution < -0.4 is 0 Å². The summed E-state index contributed by atoms with van der Waals surface area (Å²) in [5, 5.41) is 16.7. The van der Waals surface area contributed by atoms with Crippen molar-refractivity contribution in [2.24, 2.45) is 0 Å². The minimum atomic E-state index is -0.289. The lowest BCUT2D eigenvalue weighted by Gasteiger charge is -2.10. The van der Waals surface area contributed by atoms with E-state index in [-0.39, 0.29) is 6.61 Å². The SMILES string of the molecule is OCc1n[nH]c(=S)n1-c1c(Cl)cc(Cl)cc1Cl. The molecule has 1 aromatic heterocycles. The van der Waals surface area contributed by atoms with Gasteiger partial charge in [0.2, 0.25) is 0 Å². The van der Waals surface area contributed by atoms with Gasteiger partial charge >= 0.3 is 0 Å². The lowest BCUT2D eigenvalue weighted by molar-refractivity contribution is 0.269. The molecule has 0 amide bonds. The second-order valence-electron chi connectivity index (χ2n) is 3.16. The van der Waals surface area contributed by atoms with Crippen LogP contribution in [0, 0.1) is 4.77 Å². The van der Waals surface area contributed by atoms with Gasteiger partial charge in [0, 0.05) is 5.02 Å². The molecule has 0 aliphatic rings. The topological polar surface area (TPSA) is 53.8 Å². The first-order valence-electron chi connectivity index (χ1n) is 4.46. The number of rotatable bonds is 2. The highest BCUT2D eigenvalue weighted by molar-refractivity contribution is 7.71. The van der Waals surface area contributed by atoms with Crippen molar-refractivity contribution < 1.29 is 5.11 Å². The van der Waals surface area contributed by atoms with Crippen LogP contribution in [0.1, 0.15) is 5.82 Å². The number of aromatic nitrogens is 3. The Labute approximate surface area is 117 Å². The molecule has 4 nitrogen and oxygen atoms in total. The largest absolute Gasteiger partial charge is 0.388 e. The molecule has 90 valence electrons. The zero-order valence-electron chi connectivity index (χ0n) is 8.25. The molecule has 0 unspecified atom stereocenters. The number of H-pyrrole nitrogens is 1. The van der Waals surface area contributed by atoms with Crippen LogP contribution in [0.4, 0.5) is 0 Å². The number of benzene rings is 1. The summed E-state index contributed by atoms with van der Waals surface area (Å²) >= 11 is 23.0. The van der Waals surface area contributed by atoms with Gasteiger partial charge in [-0.2, -0.15) is 5.10 Å². The van der Waals surface area contributed by atoms with Crippen LogP contribution >= 0.6 is 47.0 Å². The predicted molar refractivity (Wildman–Crippen MR) is 69.7 cm³/mol. The summed E-state index contributed by atoms with van der Waals surface area (Å²) in [6.07, 6.45) is 0. The van der Waals surface area contributed by atoms with Gasteiger partial charge in [-0.15, -0.1) is 0 Å². The van der Waals surface area contributed by atoms with Crippen LogP contribution in [0.2, 0.25) is 15.1 Å². The Bertz CT molecular complexity index is 599. The van der Waals surface area contributed by atoms with E-state index in [9.17, 15) is 0 Å². The van der Waals surface area contributed by atoms with Crippen molar-refractivity contribution in [3.05, 3.63) is 37.8 Å². The lowest BCUT2D eigenvalue weighted by Crippen LogP contribution is -2.03. The molecule has 0 bridgehead atoms. The third-order valence-corrected chi connectivity index (χ3v) is 3.16. The maximum absolute atomic E-state index is 9.17. The van der Waals surface area contributed by atoms with E-state index in [4.69, 9.17) is 52.1 Å². The Kier molecular flexibility index (Phi) is 3.75. The Balaban J connectivity index is 2.77. The van der Waals surface area contributed by atoms with Crippen molar-refractivity contribution >= 4 is 47.0 Å². The van der Waals surface area contributed by atoms with Gasteiger partial charge in [-0.1, -0.05) is 34.8 Å². The number of nitrogens with one attached hydrogen (secondary N) is 1. The van der Waals surface area contributed by atoms with Gasteiger partial charge in [-0.3, -0.25) is 9.67 Å². The number of halogens is 3. The van der Waals surface area contributed by atoms with Crippen LogP contribution in [0.15, 0.2) is 12.1 Å². The second-order valence-corrected chi connectivity index (χ2v) is 4.79. The molecule has 0 aliphatic heterocycles. The molecule has 0 fully saturated rings. The van der Waals surface area contributed by atoms with Crippen molar-refractivity contribution in [1.82, 2.24) is 14.8 Å². The molecule has 0 radical (unpaired) electrons. The van der Waals surface area contributed by atoms with Gasteiger partial charge in [-0.25, -0.2) is 0 Å². The minimum Gasteiger partial charge on any atom is -0.388 e. The first-order valence-corrected chi connectivity index (χ1v) is 6.01. The van der Waals surface area contributed by atoms with Crippen molar-refractivity contribution in [3.63, 3.8) is 0 Å². The Morgan fingerprint density at radius 1 is 1.29 bits per heavy atom. The van der Waals surface area contributed by atoms with Gasteiger partial charge in [-0.05, 0) is 24.4 Å². The van der Waals surface area contributed by atoms with Crippen molar-refractivity contribution in [3.8, 4) is 5.69 Å². The third-order valence-electron chi connectivity index (χ3n) is 2.09. The summed E-state index contributed by atoms with van der Waals surface area (Å²) in [6, 6.07) is 3.08. The number of hydrogen-bond donors (Lipinski definition) is 2. The maximum atomic E-state index is 9.17. The fourth-order valence-corrected chi connectivity index (χ4v) is 2.64. The molecular formula is C9H6Cl3N3OS. The van der Waals surface area contributed by atoms with Crippen LogP contribution in [0.25, 0.3) is 5.69 Å². The van der Waals surface area contributed by atoms with Crippen LogP contribution in [-0.2, 0) is 6.61 Å². The zero-order chi connectivity index (χ0) is 12.6. The van der Waals surface area contributed by atoms with Crippen molar-refractivity contribution in [2.45, 2.75) is 6.61 Å². The molecule has 0 atom stereocenters. The zero-order valence-corrected chi connectivity index (χ0v) is 11.3. The highest BCUT2D eigenvalue weighted by Gasteiger charge is 2.15. The van der Waals surface area contributed by atoms with Gasteiger partial charge in [0.1, 0.15) is 6.61 Å². The van der Waals surface area contributed by atoms with Crippen LogP contribution in [-0.4, -0.2) is 19.9 Å². The monoisotopic (exact) mass is 309 g/mol. The predicted octanol–water partition coefficient (Wildman–Crippen LogP) is 3.38. The average molecular weight is 311 g/mol. The Hall–Kier alpha value is -0.590. The normalized spacial score (nSPS) is 10.8. The van der Waals surface area contributed by atoms with E-state index in [1.807, 2.05) is 0 Å². The average Bonchev–Trinajstić information content (AvgIpc) is 2.59. The highest BCUT2D eigenvalue weighted by Crippen LogP contribution is 2.32. The molecule has 1 aromatic carbocycles. The number of aliphatic hydroxyl groups is 1. The first-order chi connectivity index (χ1) is 8.04. The summed E-state index contributed by atoms with van der Waals surface area (Å²) in [5.41, 5.74) is 0.445. The molecule has 17 heavy (non-hydrogen) atoms. The van der Waals surface area contributed by atoms with E-state index in [0.29, 0.717) is 31.4 Å². The first kappa shape index (κ1) is 12.9. The fourth-order valence-electron chi connectivity index (χ4n) is 1.41. The van der Waals surface area contributed by atoms with E-state index in [2.05, 4.69) is 10.2 Å². The third kappa shape index (κ3) is 2.34. The van der Waals surface area contributed by atoms with Crippen LogP contribution in [0.5, 0.6) is 0 Å². The van der Waals surface area contributed by atoms with Crippen LogP contribution in [0.3, 0.4) is 0 Å². The molecule has 2 aromatic rings. The summed E-state index contributed by atoms with van der Waals surface area (Å²) in [4.78, 5) is 0. The molecule has 2 rings (SSSR count). The summed E-state index contributed by atoms with van der Waals surface area (Å²) in [6.45, 7) is -0.289. The molecule has 0 spiro atoms. The minimum absolute atomic E-state index is 0.289. The lowest BCUT2D eigenvalue weighted by atomic mass is 10.3. The second kappa shape index (κ2) is 4.96. The summed E-state index contributed by atoms with van der Waals surface area (Å²) in [5.74, 6) is 0.320. The van der Waals surface area contributed by atoms with Gasteiger partial charge < -0.3 is 5.11 Å². The molecule has 1 heterocycles. The Morgan fingerprint density at radius 2 is 1.88 bits per heavy atom. The fraction of sp³-hybridized carbons (Fsp3) is 0.111. The van der Waals surface area contributed by atoms with E-state index in [1.54, 1.807) is 12.1 Å². The van der Waals surface area contributed by atoms with E-state index < -0.39 is 0 Å². The van der Waals surface area contributed by atoms with Gasteiger partial charge in [0.15, 0.2) is 10.6 Å². The highest BCUT2D eigenvalue weighted by atomic mass is 35.5. The van der Waals surface area contributed by atoms with Gasteiger partial charge in [0.25, 0.3) is 0 Å². The van der Waals surface area contributed by atoms with Crippen molar-refractivity contribution in [2.75, 3.05) is 0 Å². The number of aromatic amines is 1. The summed E-state index contributed by atoms with van der Waals surface area (Å²) < 4.78 is 1.76. The standard InChI is InChI=1S/C9H6Cl3N3OS/c10-4-1-5(11)8(6(12)2-4)15-7(3-16)13-14-9(15)17/h1-2,16H,3H2,(H,14,17). The number of hydrogen-bond acceptors (Lipinski definition) is 3. The van der Waals surface area contributed by atoms with E-state index in [0.717, 1.165) is 0 Å². The number of nitrogens with zero attached hydrogens (tertiary/aromatic N) is 2. The molecule has 2 N–H and O–H groups in total. The van der Waals surface area contributed by atoms with Crippen molar-refractivity contribution in [1.29, 1.82) is 0 Å². The smallest absolute Gasteiger partial charge is 0.200 e. The summed E-state index contributed by atoms with van der Waals surface area (Å²) in [7, 11) is 0. The maximum Gasteiger partial charge on any atom is 0.200 e. The molecule has 8 heteroatoms. The van der Waals surface area contributed by atoms with E-state index in [1.165, 1.54) is 4.57 Å². The molecular weight excluding hydrogens is 305 g/mol. The quantitative estimate of drug-likeness (QED) is 0.836. The van der Waals surface area contributed by atoms with E-state index >= 15 is 0 Å². The Morgan fingerprint density at radius 3 is 2.41 bits per heavy atom. The molecule has 0 aliphatic carbocycles. The number of aliphatic hydroxyl groups excluding tert-OH is 1. The molecule has 0 saturated carbocycles. The molecule has 0 saturated heterocycles.